The van der Waals surface area contributed by atoms with Crippen LogP contribution >= 0.6 is 0 Å². The molecule has 258 valence electrons. The molecule has 0 radical (unpaired) electrons. The number of alkyl carbamates (subject to hydrolysis) is 1. The molecule has 0 spiro atoms. The largest absolute Gasteiger partial charge is 0.459 e. The Morgan fingerprint density at radius 1 is 0.837 bits per heavy atom. The molecule has 4 aromatic rings. The molecule has 2 heterocycles. The van der Waals surface area contributed by atoms with Gasteiger partial charge in [-0.25, -0.2) is 19.0 Å². The van der Waals surface area contributed by atoms with Crippen LogP contribution in [0.4, 0.5) is 16.2 Å². The first kappa shape index (κ1) is 35.6. The van der Waals surface area contributed by atoms with Crippen LogP contribution < -0.4 is 5.32 Å². The minimum Gasteiger partial charge on any atom is -0.459 e. The molecule has 49 heavy (non-hydrogen) atoms. The van der Waals surface area contributed by atoms with Crippen LogP contribution in [-0.4, -0.2) is 69.5 Å². The molecule has 0 aliphatic rings. The van der Waals surface area contributed by atoms with Gasteiger partial charge in [0, 0.05) is 30.7 Å². The van der Waals surface area contributed by atoms with Crippen LogP contribution in [0, 0.1) is 20.2 Å². The first-order valence-corrected chi connectivity index (χ1v) is 14.8. The maximum Gasteiger partial charge on any atom is 0.408 e. The fourth-order valence-corrected chi connectivity index (χ4v) is 4.31. The summed E-state index contributed by atoms with van der Waals surface area (Å²) >= 11 is 0. The van der Waals surface area contributed by atoms with Gasteiger partial charge in [-0.05, 0) is 38.3 Å². The lowest BCUT2D eigenvalue weighted by Crippen LogP contribution is -2.44. The second-order valence-electron chi connectivity index (χ2n) is 11.7. The third kappa shape index (κ3) is 11.5. The number of benzene rings is 2. The van der Waals surface area contributed by atoms with Crippen molar-refractivity contribution in [1.82, 2.24) is 35.3 Å². The summed E-state index contributed by atoms with van der Waals surface area (Å²) in [6.45, 7) is 4.79. The molecule has 1 atom stereocenters. The summed E-state index contributed by atoms with van der Waals surface area (Å²) in [6.07, 6.45) is 1.66. The fraction of sp³-hybridized carbons (Fsp3) is 0.367. The Labute approximate surface area is 278 Å². The predicted molar refractivity (Wildman–Crippen MR) is 166 cm³/mol. The lowest BCUT2D eigenvalue weighted by atomic mass is 10.1. The summed E-state index contributed by atoms with van der Waals surface area (Å²) in [5.74, 6) is -1.56. The Balaban J connectivity index is 1.29. The maximum absolute atomic E-state index is 13.0. The van der Waals surface area contributed by atoms with Crippen molar-refractivity contribution in [1.29, 1.82) is 0 Å². The highest BCUT2D eigenvalue weighted by Crippen LogP contribution is 2.16. The summed E-state index contributed by atoms with van der Waals surface area (Å²) in [7, 11) is 0. The highest BCUT2D eigenvalue weighted by molar-refractivity contribution is 5.82. The Bertz CT molecular complexity index is 1810. The number of non-ortho nitro benzene ring substituents is 2. The van der Waals surface area contributed by atoms with Crippen molar-refractivity contribution >= 4 is 29.4 Å². The van der Waals surface area contributed by atoms with E-state index in [2.05, 4.69) is 25.9 Å². The smallest absolute Gasteiger partial charge is 0.408 e. The molecule has 0 saturated carbocycles. The summed E-state index contributed by atoms with van der Waals surface area (Å²) in [4.78, 5) is 59.1. The number of nitrogens with one attached hydrogen (secondary N) is 1. The summed E-state index contributed by atoms with van der Waals surface area (Å²) < 4.78 is 18.7. The SMILES string of the molecule is CC(C)(C)OC(=O)N[C@@H](CCC(=O)OCc1cn(Cc2cccc([N+](=O)[O-])c2)nn1)C(=O)OCc1cn(Cc2cccc([N+](=O)[O-])c2)nn1. The van der Waals surface area contributed by atoms with Crippen LogP contribution in [0.3, 0.4) is 0 Å². The first-order chi connectivity index (χ1) is 23.2. The maximum atomic E-state index is 13.0. The molecule has 0 aliphatic heterocycles. The van der Waals surface area contributed by atoms with E-state index in [0.717, 1.165) is 0 Å². The Hall–Kier alpha value is -6.27. The number of amides is 1. The van der Waals surface area contributed by atoms with Gasteiger partial charge in [0.15, 0.2) is 0 Å². The zero-order chi connectivity index (χ0) is 35.6. The highest BCUT2D eigenvalue weighted by Gasteiger charge is 2.27. The van der Waals surface area contributed by atoms with Crippen LogP contribution in [0.25, 0.3) is 0 Å². The van der Waals surface area contributed by atoms with E-state index in [0.29, 0.717) is 16.8 Å². The second kappa shape index (κ2) is 16.0. The average molecular weight is 680 g/mol. The third-order valence-electron chi connectivity index (χ3n) is 6.46. The first-order valence-electron chi connectivity index (χ1n) is 14.8. The van der Waals surface area contributed by atoms with Gasteiger partial charge in [0.1, 0.15) is 36.2 Å². The van der Waals surface area contributed by atoms with Crippen LogP contribution in [0.15, 0.2) is 60.9 Å². The number of carbonyl (C=O) groups is 3. The number of carbonyl (C=O) groups excluding carboxylic acids is 3. The summed E-state index contributed by atoms with van der Waals surface area (Å²) in [5.41, 5.74) is 0.847. The molecule has 1 N–H and O–H groups in total. The molecule has 2 aromatic heterocycles. The number of esters is 2. The van der Waals surface area contributed by atoms with E-state index < -0.39 is 39.5 Å². The number of ether oxygens (including phenoxy) is 3. The molecule has 4 rings (SSSR count). The molecular formula is C30H33N9O10. The van der Waals surface area contributed by atoms with E-state index >= 15 is 0 Å². The second-order valence-corrected chi connectivity index (χ2v) is 11.7. The van der Waals surface area contributed by atoms with Crippen molar-refractivity contribution in [3.8, 4) is 0 Å². The molecule has 0 aliphatic carbocycles. The minimum absolute atomic E-state index is 0.0571. The normalized spacial score (nSPS) is 11.7. The third-order valence-corrected chi connectivity index (χ3v) is 6.46. The summed E-state index contributed by atoms with van der Waals surface area (Å²) in [5, 5.41) is 40.3. The molecular weight excluding hydrogens is 646 g/mol. The topological polar surface area (TPSA) is 239 Å². The fourth-order valence-electron chi connectivity index (χ4n) is 4.31. The van der Waals surface area contributed by atoms with Crippen molar-refractivity contribution < 1.29 is 38.4 Å². The molecule has 0 saturated heterocycles. The van der Waals surface area contributed by atoms with Gasteiger partial charge in [-0.1, -0.05) is 34.7 Å². The predicted octanol–water partition coefficient (Wildman–Crippen LogP) is 3.24. The van der Waals surface area contributed by atoms with Gasteiger partial charge in [0.25, 0.3) is 11.4 Å². The van der Waals surface area contributed by atoms with Crippen molar-refractivity contribution in [2.45, 2.75) is 71.6 Å². The van der Waals surface area contributed by atoms with Crippen molar-refractivity contribution in [3.63, 3.8) is 0 Å². The zero-order valence-electron chi connectivity index (χ0n) is 26.8. The molecule has 0 unspecified atom stereocenters. The number of rotatable bonds is 15. The molecule has 0 fully saturated rings. The average Bonchev–Trinajstić information content (AvgIpc) is 3.69. The van der Waals surface area contributed by atoms with Crippen molar-refractivity contribution in [3.05, 3.63) is 104 Å². The summed E-state index contributed by atoms with van der Waals surface area (Å²) in [6, 6.07) is 10.8. The number of nitrogens with zero attached hydrogens (tertiary/aromatic N) is 8. The molecule has 2 aromatic carbocycles. The van der Waals surface area contributed by atoms with Gasteiger partial charge in [0.05, 0.1) is 35.3 Å². The zero-order valence-corrected chi connectivity index (χ0v) is 26.8. The van der Waals surface area contributed by atoms with E-state index in [1.165, 1.54) is 46.0 Å². The van der Waals surface area contributed by atoms with Gasteiger partial charge in [-0.2, -0.15) is 0 Å². The van der Waals surface area contributed by atoms with E-state index in [9.17, 15) is 34.6 Å². The molecule has 19 nitrogen and oxygen atoms in total. The van der Waals surface area contributed by atoms with Gasteiger partial charge >= 0.3 is 18.0 Å². The lowest BCUT2D eigenvalue weighted by Gasteiger charge is -2.22. The Morgan fingerprint density at radius 3 is 1.84 bits per heavy atom. The number of nitro benzene ring substituents is 2. The van der Waals surface area contributed by atoms with Crippen molar-refractivity contribution in [2.75, 3.05) is 0 Å². The van der Waals surface area contributed by atoms with Gasteiger partial charge < -0.3 is 19.5 Å². The van der Waals surface area contributed by atoms with Gasteiger partial charge in [-0.3, -0.25) is 25.0 Å². The monoisotopic (exact) mass is 679 g/mol. The van der Waals surface area contributed by atoms with Crippen LogP contribution in [0.5, 0.6) is 0 Å². The standard InChI is InChI=1S/C30H33N9O10/c1-30(2,3)49-29(42)31-26(28(41)48-19-23-17-37(35-33-23)15-21-7-5-9-25(13-21)39(45)46)10-11-27(40)47-18-22-16-36(34-32-22)14-20-6-4-8-24(12-20)38(43)44/h4-9,12-13,16-17,26H,10-11,14-15,18-19H2,1-3H3,(H,31,42)/t26-/m0/s1. The van der Waals surface area contributed by atoms with E-state index in [1.807, 2.05) is 0 Å². The van der Waals surface area contributed by atoms with Crippen LogP contribution in [0.2, 0.25) is 0 Å². The van der Waals surface area contributed by atoms with Gasteiger partial charge in [0.2, 0.25) is 0 Å². The van der Waals surface area contributed by atoms with E-state index in [1.54, 1.807) is 45.0 Å². The van der Waals surface area contributed by atoms with Crippen LogP contribution in [0.1, 0.15) is 56.1 Å². The van der Waals surface area contributed by atoms with E-state index in [4.69, 9.17) is 14.2 Å². The minimum atomic E-state index is -1.28. The van der Waals surface area contributed by atoms with Crippen molar-refractivity contribution in [2.24, 2.45) is 0 Å². The van der Waals surface area contributed by atoms with Gasteiger partial charge in [-0.15, -0.1) is 10.2 Å². The van der Waals surface area contributed by atoms with Crippen LogP contribution in [-0.2, 0) is 50.1 Å². The number of hydrogen-bond donors (Lipinski definition) is 1. The van der Waals surface area contributed by atoms with E-state index in [-0.39, 0.29) is 56.2 Å². The Kier molecular flexibility index (Phi) is 11.6. The number of nitro groups is 2. The quantitative estimate of drug-likeness (QED) is 0.0821. The molecule has 0 bridgehead atoms. The number of aromatic nitrogens is 6. The lowest BCUT2D eigenvalue weighted by molar-refractivity contribution is -0.385. The molecule has 1 amide bonds. The Morgan fingerprint density at radius 2 is 1.35 bits per heavy atom. The molecule has 19 heteroatoms. The number of hydrogen-bond acceptors (Lipinski definition) is 14. The highest BCUT2D eigenvalue weighted by atomic mass is 16.6.